The number of fused-ring (bicyclic) bond motifs is 1. The topological polar surface area (TPSA) is 61.4 Å². The van der Waals surface area contributed by atoms with Gasteiger partial charge >= 0.3 is 0 Å². The zero-order chi connectivity index (χ0) is 14.1. The second-order valence-electron chi connectivity index (χ2n) is 6.63. The van der Waals surface area contributed by atoms with Crippen LogP contribution < -0.4 is 10.0 Å². The van der Waals surface area contributed by atoms with Crippen molar-refractivity contribution < 1.29 is 8.42 Å². The molecular weight excluding hydrogens is 262 g/mol. The third kappa shape index (κ3) is 4.41. The number of nitrogens with one attached hydrogen (secondary N) is 2. The lowest BCUT2D eigenvalue weighted by molar-refractivity contribution is 0.178. The van der Waals surface area contributed by atoms with Crippen molar-refractivity contribution in [2.45, 2.75) is 57.2 Å². The number of rotatable bonds is 5. The van der Waals surface area contributed by atoms with E-state index in [1.807, 2.05) is 13.8 Å². The molecule has 2 saturated heterocycles. The lowest BCUT2D eigenvalue weighted by Crippen LogP contribution is -2.54. The molecule has 0 aliphatic carbocycles. The monoisotopic (exact) mass is 289 g/mol. The van der Waals surface area contributed by atoms with Crippen LogP contribution in [0.5, 0.6) is 0 Å². The minimum Gasteiger partial charge on any atom is -0.311 e. The van der Waals surface area contributed by atoms with Gasteiger partial charge in [-0.25, -0.2) is 13.1 Å². The molecule has 0 aromatic heterocycles. The average molecular weight is 289 g/mol. The van der Waals surface area contributed by atoms with E-state index >= 15 is 0 Å². The van der Waals surface area contributed by atoms with Gasteiger partial charge in [0.15, 0.2) is 0 Å². The summed E-state index contributed by atoms with van der Waals surface area (Å²) in [6, 6.07) is 1.17. The maximum absolute atomic E-state index is 11.3. The highest BCUT2D eigenvalue weighted by atomic mass is 32.2. The van der Waals surface area contributed by atoms with Gasteiger partial charge in [-0.15, -0.1) is 0 Å². The van der Waals surface area contributed by atoms with Crippen LogP contribution in [0.3, 0.4) is 0 Å². The number of piperidine rings is 1. The molecule has 6 heteroatoms. The van der Waals surface area contributed by atoms with Gasteiger partial charge in [0, 0.05) is 30.7 Å². The van der Waals surface area contributed by atoms with Gasteiger partial charge in [-0.1, -0.05) is 6.42 Å². The molecule has 2 atom stereocenters. The molecule has 0 aromatic rings. The van der Waals surface area contributed by atoms with Gasteiger partial charge in [0.25, 0.3) is 0 Å². The highest BCUT2D eigenvalue weighted by Gasteiger charge is 2.36. The second kappa shape index (κ2) is 5.68. The third-order valence-electron chi connectivity index (χ3n) is 4.12. The predicted molar refractivity (Wildman–Crippen MR) is 77.7 cm³/mol. The van der Waals surface area contributed by atoms with Crippen molar-refractivity contribution in [3.63, 3.8) is 0 Å². The van der Waals surface area contributed by atoms with E-state index < -0.39 is 15.6 Å². The molecule has 2 heterocycles. The second-order valence-corrected chi connectivity index (χ2v) is 8.38. The Morgan fingerprint density at radius 1 is 1.21 bits per heavy atom. The van der Waals surface area contributed by atoms with E-state index in [9.17, 15) is 8.42 Å². The summed E-state index contributed by atoms with van der Waals surface area (Å²) in [7, 11) is -3.15. The molecule has 0 radical (unpaired) electrons. The van der Waals surface area contributed by atoms with Crippen molar-refractivity contribution >= 4 is 10.0 Å². The van der Waals surface area contributed by atoms with Crippen LogP contribution in [0.4, 0.5) is 0 Å². The van der Waals surface area contributed by atoms with Crippen LogP contribution in [-0.2, 0) is 10.0 Å². The Hall–Kier alpha value is -0.170. The van der Waals surface area contributed by atoms with Gasteiger partial charge in [-0.2, -0.15) is 0 Å². The largest absolute Gasteiger partial charge is 0.311 e. The van der Waals surface area contributed by atoms with Crippen molar-refractivity contribution in [1.29, 1.82) is 0 Å². The Kier molecular flexibility index (Phi) is 4.55. The van der Waals surface area contributed by atoms with Gasteiger partial charge < -0.3 is 5.32 Å². The summed E-state index contributed by atoms with van der Waals surface area (Å²) >= 11 is 0. The van der Waals surface area contributed by atoms with Crippen molar-refractivity contribution in [3.05, 3.63) is 0 Å². The van der Waals surface area contributed by atoms with E-state index in [2.05, 4.69) is 14.9 Å². The number of hydrogen-bond acceptors (Lipinski definition) is 4. The minimum absolute atomic E-state index is 0.435. The summed E-state index contributed by atoms with van der Waals surface area (Å²) in [6.07, 6.45) is 6.32. The first-order valence-electron chi connectivity index (χ1n) is 7.23. The Labute approximate surface area is 117 Å². The molecule has 0 amide bonds. The van der Waals surface area contributed by atoms with Crippen LogP contribution in [0.25, 0.3) is 0 Å². The molecule has 0 bridgehead atoms. The molecule has 2 N–H and O–H groups in total. The summed E-state index contributed by atoms with van der Waals surface area (Å²) in [5.74, 6) is 0. The Balaban J connectivity index is 1.85. The molecule has 2 aliphatic rings. The lowest BCUT2D eigenvalue weighted by atomic mass is 9.98. The van der Waals surface area contributed by atoms with Gasteiger partial charge in [-0.05, 0) is 39.7 Å². The highest BCUT2D eigenvalue weighted by molar-refractivity contribution is 7.88. The molecule has 0 spiro atoms. The van der Waals surface area contributed by atoms with Crippen molar-refractivity contribution in [3.8, 4) is 0 Å². The molecule has 19 heavy (non-hydrogen) atoms. The third-order valence-corrected chi connectivity index (χ3v) is 5.05. The van der Waals surface area contributed by atoms with Gasteiger partial charge in [0.1, 0.15) is 0 Å². The smallest absolute Gasteiger partial charge is 0.209 e. The molecule has 0 saturated carbocycles. The minimum atomic E-state index is -3.15. The molecule has 2 unspecified atom stereocenters. The SMILES string of the molecule is CC(C)(CNC1CCN2CCCCC12)NS(C)(=O)=O. The van der Waals surface area contributed by atoms with E-state index in [-0.39, 0.29) is 0 Å². The summed E-state index contributed by atoms with van der Waals surface area (Å²) in [6.45, 7) is 6.94. The van der Waals surface area contributed by atoms with E-state index in [1.54, 1.807) is 0 Å². The van der Waals surface area contributed by atoms with Gasteiger partial charge in [0.2, 0.25) is 10.0 Å². The predicted octanol–water partition coefficient (Wildman–Crippen LogP) is 0.531. The molecule has 0 aromatic carbocycles. The molecular formula is C13H27N3O2S. The van der Waals surface area contributed by atoms with E-state index in [1.165, 1.54) is 45.0 Å². The fourth-order valence-electron chi connectivity index (χ4n) is 3.41. The maximum atomic E-state index is 11.3. The van der Waals surface area contributed by atoms with E-state index in [0.717, 1.165) is 0 Å². The summed E-state index contributed by atoms with van der Waals surface area (Å²) < 4.78 is 25.3. The normalized spacial score (nSPS) is 29.4. The van der Waals surface area contributed by atoms with Crippen LogP contribution in [0.15, 0.2) is 0 Å². The molecule has 2 rings (SSSR count). The zero-order valence-electron chi connectivity index (χ0n) is 12.3. The standard InChI is InChI=1S/C13H27N3O2S/c1-13(2,15-19(3,17)18)10-14-11-7-9-16-8-5-4-6-12(11)16/h11-12,14-15H,4-10H2,1-3H3. The Morgan fingerprint density at radius 3 is 2.63 bits per heavy atom. The first kappa shape index (κ1) is 15.2. The quantitative estimate of drug-likeness (QED) is 0.775. The molecule has 2 fully saturated rings. The van der Waals surface area contributed by atoms with Crippen LogP contribution in [-0.4, -0.2) is 56.8 Å². The lowest BCUT2D eigenvalue weighted by Gasteiger charge is -2.34. The zero-order valence-corrected chi connectivity index (χ0v) is 13.1. The first-order chi connectivity index (χ1) is 8.77. The first-order valence-corrected chi connectivity index (χ1v) is 9.12. The summed E-state index contributed by atoms with van der Waals surface area (Å²) in [5, 5.41) is 3.58. The Bertz CT molecular complexity index is 408. The number of hydrogen-bond donors (Lipinski definition) is 2. The van der Waals surface area contributed by atoms with Gasteiger partial charge in [-0.3, -0.25) is 4.90 Å². The maximum Gasteiger partial charge on any atom is 0.209 e. The van der Waals surface area contributed by atoms with Crippen LogP contribution >= 0.6 is 0 Å². The van der Waals surface area contributed by atoms with Crippen LogP contribution in [0, 0.1) is 0 Å². The molecule has 2 aliphatic heterocycles. The van der Waals surface area contributed by atoms with Crippen molar-refractivity contribution in [1.82, 2.24) is 14.9 Å². The van der Waals surface area contributed by atoms with Crippen LogP contribution in [0.1, 0.15) is 39.5 Å². The molecule has 5 nitrogen and oxygen atoms in total. The summed E-state index contributed by atoms with van der Waals surface area (Å²) in [4.78, 5) is 2.58. The fraction of sp³-hybridized carbons (Fsp3) is 1.00. The van der Waals surface area contributed by atoms with E-state index in [0.29, 0.717) is 18.6 Å². The molecule has 112 valence electrons. The Morgan fingerprint density at radius 2 is 1.95 bits per heavy atom. The fourth-order valence-corrected chi connectivity index (χ4v) is 4.49. The highest BCUT2D eigenvalue weighted by Crippen LogP contribution is 2.27. The average Bonchev–Trinajstić information content (AvgIpc) is 2.66. The van der Waals surface area contributed by atoms with Crippen molar-refractivity contribution in [2.75, 3.05) is 25.9 Å². The van der Waals surface area contributed by atoms with Crippen LogP contribution in [0.2, 0.25) is 0 Å². The number of nitrogens with zero attached hydrogens (tertiary/aromatic N) is 1. The summed E-state index contributed by atoms with van der Waals surface area (Å²) in [5.41, 5.74) is -0.435. The van der Waals surface area contributed by atoms with E-state index in [4.69, 9.17) is 0 Å². The van der Waals surface area contributed by atoms with Gasteiger partial charge in [0.05, 0.1) is 6.26 Å². The van der Waals surface area contributed by atoms with Crippen molar-refractivity contribution in [2.24, 2.45) is 0 Å². The number of sulfonamides is 1.